The van der Waals surface area contributed by atoms with Crippen LogP contribution in [0, 0.1) is 13.8 Å². The van der Waals surface area contributed by atoms with E-state index >= 15 is 0 Å². The molecule has 1 atom stereocenters. The number of amides is 1. The summed E-state index contributed by atoms with van der Waals surface area (Å²) in [6.45, 7) is 3.22. The van der Waals surface area contributed by atoms with Gasteiger partial charge >= 0.3 is 5.97 Å². The van der Waals surface area contributed by atoms with Crippen molar-refractivity contribution in [2.45, 2.75) is 44.0 Å². The Bertz CT molecular complexity index is 984. The highest BCUT2D eigenvalue weighted by atomic mass is 32.2. The van der Waals surface area contributed by atoms with Crippen LogP contribution in [0.1, 0.15) is 30.6 Å². The molecule has 2 heterocycles. The normalized spacial score (nSPS) is 17.7. The molecule has 0 spiro atoms. The molecule has 0 aliphatic carbocycles. The van der Waals surface area contributed by atoms with Gasteiger partial charge in [-0.1, -0.05) is 22.9 Å². The molecule has 2 aromatic rings. The molecule has 29 heavy (non-hydrogen) atoms. The van der Waals surface area contributed by atoms with Crippen LogP contribution in [0.4, 0.5) is 5.82 Å². The molecule has 1 aromatic carbocycles. The monoisotopic (exact) mass is 421 g/mol. The summed E-state index contributed by atoms with van der Waals surface area (Å²) in [6.07, 6.45) is 1.69. The first-order chi connectivity index (χ1) is 13.8. The summed E-state index contributed by atoms with van der Waals surface area (Å²) in [5.74, 6) is -0.594. The minimum Gasteiger partial charge on any atom is -0.454 e. The molecule has 156 valence electrons. The van der Waals surface area contributed by atoms with Crippen molar-refractivity contribution in [3.05, 3.63) is 41.7 Å². The highest BCUT2D eigenvalue weighted by Crippen LogP contribution is 2.26. The number of nitrogens with one attached hydrogen (secondary N) is 1. The van der Waals surface area contributed by atoms with Crippen LogP contribution in [0.15, 0.2) is 39.8 Å². The number of rotatable bonds is 6. The zero-order chi connectivity index (χ0) is 21.0. The summed E-state index contributed by atoms with van der Waals surface area (Å²) in [7, 11) is -3.85. The largest absolute Gasteiger partial charge is 0.454 e. The van der Waals surface area contributed by atoms with Crippen molar-refractivity contribution in [3.63, 3.8) is 0 Å². The van der Waals surface area contributed by atoms with E-state index < -0.39 is 34.5 Å². The van der Waals surface area contributed by atoms with Gasteiger partial charge in [-0.05, 0) is 45.2 Å². The number of ether oxygens (including phenoxy) is 1. The van der Waals surface area contributed by atoms with E-state index in [9.17, 15) is 18.0 Å². The first kappa shape index (κ1) is 21.0. The number of aryl methyl sites for hydroxylation is 2. The second kappa shape index (κ2) is 8.75. The van der Waals surface area contributed by atoms with Crippen LogP contribution in [0.5, 0.6) is 0 Å². The van der Waals surface area contributed by atoms with Crippen LogP contribution in [-0.2, 0) is 24.3 Å². The molecule has 0 bridgehead atoms. The first-order valence-corrected chi connectivity index (χ1v) is 10.7. The molecule has 0 radical (unpaired) electrons. The lowest BCUT2D eigenvalue weighted by atomic mass is 10.1. The zero-order valence-corrected chi connectivity index (χ0v) is 17.1. The molecule has 1 aromatic heterocycles. The molecule has 1 N–H and O–H groups in total. The maximum absolute atomic E-state index is 13.0. The number of hydrogen-bond acceptors (Lipinski definition) is 7. The summed E-state index contributed by atoms with van der Waals surface area (Å²) >= 11 is 0. The van der Waals surface area contributed by atoms with E-state index in [0.29, 0.717) is 25.0 Å². The predicted molar refractivity (Wildman–Crippen MR) is 104 cm³/mol. The Hall–Kier alpha value is -2.72. The lowest BCUT2D eigenvalue weighted by molar-refractivity contribution is -0.152. The average molecular weight is 421 g/mol. The van der Waals surface area contributed by atoms with Gasteiger partial charge in [0.2, 0.25) is 10.0 Å². The number of anilines is 1. The quantitative estimate of drug-likeness (QED) is 0.709. The smallest absolute Gasteiger partial charge is 0.324 e. The molecular formula is C19H23N3O6S. The highest BCUT2D eigenvalue weighted by molar-refractivity contribution is 7.89. The fourth-order valence-corrected chi connectivity index (χ4v) is 4.76. The molecule has 1 amide bonds. The third-order valence-electron chi connectivity index (χ3n) is 4.59. The number of aromatic nitrogens is 1. The molecule has 1 aliphatic rings. The number of carbonyl (C=O) groups excluding carboxylic acids is 2. The molecule has 0 unspecified atom stereocenters. The lowest BCUT2D eigenvalue weighted by Crippen LogP contribution is -2.48. The maximum Gasteiger partial charge on any atom is 0.324 e. The Kier molecular flexibility index (Phi) is 6.33. The molecule has 1 saturated heterocycles. The van der Waals surface area contributed by atoms with E-state index in [2.05, 4.69) is 10.5 Å². The van der Waals surface area contributed by atoms with Crippen molar-refractivity contribution in [3.8, 4) is 0 Å². The lowest BCUT2D eigenvalue weighted by Gasteiger charge is -2.32. The van der Waals surface area contributed by atoms with Crippen molar-refractivity contribution < 1.29 is 27.3 Å². The predicted octanol–water partition coefficient (Wildman–Crippen LogP) is 2.02. The number of hydrogen-bond donors (Lipinski definition) is 1. The third kappa shape index (κ3) is 5.01. The zero-order valence-electron chi connectivity index (χ0n) is 16.3. The van der Waals surface area contributed by atoms with Gasteiger partial charge < -0.3 is 14.6 Å². The highest BCUT2D eigenvalue weighted by Gasteiger charge is 2.38. The van der Waals surface area contributed by atoms with Crippen LogP contribution >= 0.6 is 0 Å². The molecule has 0 saturated carbocycles. The van der Waals surface area contributed by atoms with Gasteiger partial charge in [0.25, 0.3) is 5.91 Å². The number of carbonyl (C=O) groups is 2. The van der Waals surface area contributed by atoms with Crippen LogP contribution < -0.4 is 5.32 Å². The Labute approximate surface area is 169 Å². The third-order valence-corrected chi connectivity index (χ3v) is 6.52. The van der Waals surface area contributed by atoms with Gasteiger partial charge in [-0.3, -0.25) is 9.59 Å². The SMILES string of the molecule is Cc1ccc(S(=O)(=O)N2CCCC[C@H]2C(=O)OCC(=O)Nc2cc(C)on2)cc1. The summed E-state index contributed by atoms with van der Waals surface area (Å²) in [5, 5.41) is 6.06. The van der Waals surface area contributed by atoms with Crippen molar-refractivity contribution in [1.82, 2.24) is 9.46 Å². The second-order valence-electron chi connectivity index (χ2n) is 6.92. The summed E-state index contributed by atoms with van der Waals surface area (Å²) in [5.41, 5.74) is 0.937. The van der Waals surface area contributed by atoms with Crippen LogP contribution in [0.3, 0.4) is 0 Å². The molecule has 3 rings (SSSR count). The van der Waals surface area contributed by atoms with Crippen molar-refractivity contribution in [2.75, 3.05) is 18.5 Å². The Balaban J connectivity index is 1.66. The van der Waals surface area contributed by atoms with Gasteiger partial charge in [-0.2, -0.15) is 4.31 Å². The fraction of sp³-hybridized carbons (Fsp3) is 0.421. The minimum atomic E-state index is -3.85. The van der Waals surface area contributed by atoms with Gasteiger partial charge in [0.1, 0.15) is 11.8 Å². The van der Waals surface area contributed by atoms with Crippen molar-refractivity contribution >= 4 is 27.7 Å². The molecular weight excluding hydrogens is 398 g/mol. The Morgan fingerprint density at radius 2 is 1.97 bits per heavy atom. The average Bonchev–Trinajstić information content (AvgIpc) is 3.11. The number of sulfonamides is 1. The number of piperidine rings is 1. The first-order valence-electron chi connectivity index (χ1n) is 9.26. The van der Waals surface area contributed by atoms with Gasteiger partial charge in [0, 0.05) is 12.6 Å². The summed E-state index contributed by atoms with van der Waals surface area (Å²) in [4.78, 5) is 24.6. The Morgan fingerprint density at radius 1 is 1.24 bits per heavy atom. The minimum absolute atomic E-state index is 0.127. The molecule has 10 heteroatoms. The molecule has 1 fully saturated rings. The fourth-order valence-electron chi connectivity index (χ4n) is 3.11. The summed E-state index contributed by atoms with van der Waals surface area (Å²) < 4.78 is 37.1. The molecule has 9 nitrogen and oxygen atoms in total. The number of esters is 1. The van der Waals surface area contributed by atoms with Gasteiger partial charge in [-0.15, -0.1) is 0 Å². The second-order valence-corrected chi connectivity index (χ2v) is 8.81. The van der Waals surface area contributed by atoms with E-state index in [-0.39, 0.29) is 17.3 Å². The standard InChI is InChI=1S/C19H23N3O6S/c1-13-6-8-15(9-7-13)29(25,26)22-10-4-3-5-16(22)19(24)27-12-18(23)20-17-11-14(2)28-21-17/h6-9,11,16H,3-5,10,12H2,1-2H3,(H,20,21,23)/t16-/m0/s1. The van der Waals surface area contributed by atoms with E-state index in [1.165, 1.54) is 22.5 Å². The van der Waals surface area contributed by atoms with Crippen LogP contribution in [0.2, 0.25) is 0 Å². The van der Waals surface area contributed by atoms with Gasteiger partial charge in [-0.25, -0.2) is 8.42 Å². The van der Waals surface area contributed by atoms with Crippen LogP contribution in [-0.4, -0.2) is 48.9 Å². The van der Waals surface area contributed by atoms with E-state index in [0.717, 1.165) is 5.56 Å². The summed E-state index contributed by atoms with van der Waals surface area (Å²) in [6, 6.07) is 7.03. The van der Waals surface area contributed by atoms with Crippen LogP contribution in [0.25, 0.3) is 0 Å². The van der Waals surface area contributed by atoms with E-state index in [1.807, 2.05) is 6.92 Å². The molecule has 1 aliphatic heterocycles. The van der Waals surface area contributed by atoms with E-state index in [1.54, 1.807) is 19.1 Å². The number of nitrogens with zero attached hydrogens (tertiary/aromatic N) is 2. The maximum atomic E-state index is 13.0. The van der Waals surface area contributed by atoms with Crippen molar-refractivity contribution in [2.24, 2.45) is 0 Å². The van der Waals surface area contributed by atoms with Gasteiger partial charge in [0.05, 0.1) is 4.90 Å². The van der Waals surface area contributed by atoms with E-state index in [4.69, 9.17) is 9.26 Å². The number of benzene rings is 1. The van der Waals surface area contributed by atoms with Gasteiger partial charge in [0.15, 0.2) is 12.4 Å². The Morgan fingerprint density at radius 3 is 2.62 bits per heavy atom. The topological polar surface area (TPSA) is 119 Å². The van der Waals surface area contributed by atoms with Crippen molar-refractivity contribution in [1.29, 1.82) is 0 Å².